The monoisotopic (exact) mass is 515 g/mol. The molecule has 0 saturated heterocycles. The van der Waals surface area contributed by atoms with Gasteiger partial charge in [0.2, 0.25) is 0 Å². The fraction of sp³-hybridized carbons (Fsp3) is 0.231. The van der Waals surface area contributed by atoms with Crippen LogP contribution in [-0.2, 0) is 11.2 Å². The number of methoxy groups -OCH3 is 1. The smallest absolute Gasteiger partial charge is 0.311 e. The standard InChI is InChI=1S/C26H23Cl2NO6/c1-33-18-7-2-15(21(27)12-18)8-10-29-25(30)16-3-5-17(6-4-16)35-24-14-23-20(13-22(24)28)19(26(31)32)9-11-34-23/h2-7,12-14,19H,8-11H2,1H3,(H,29,30)(H,31,32). The van der Waals surface area contributed by atoms with Gasteiger partial charge in [-0.15, -0.1) is 0 Å². The molecule has 0 bridgehead atoms. The number of amides is 1. The topological polar surface area (TPSA) is 94.1 Å². The van der Waals surface area contributed by atoms with Crippen LogP contribution < -0.4 is 19.5 Å². The number of rotatable bonds is 8. The molecule has 3 aromatic rings. The summed E-state index contributed by atoms with van der Waals surface area (Å²) in [6, 6.07) is 15.2. The summed E-state index contributed by atoms with van der Waals surface area (Å²) in [5, 5.41) is 13.2. The predicted molar refractivity (Wildman–Crippen MR) is 132 cm³/mol. The number of ether oxygens (including phenoxy) is 3. The van der Waals surface area contributed by atoms with Gasteiger partial charge in [-0.25, -0.2) is 0 Å². The Labute approximate surface area is 212 Å². The van der Waals surface area contributed by atoms with E-state index in [0.717, 1.165) is 5.56 Å². The number of fused-ring (bicyclic) bond motifs is 1. The first kappa shape index (κ1) is 24.7. The van der Waals surface area contributed by atoms with Crippen LogP contribution in [0.25, 0.3) is 0 Å². The third-order valence-corrected chi connectivity index (χ3v) is 6.33. The lowest BCUT2D eigenvalue weighted by Gasteiger charge is -2.24. The highest BCUT2D eigenvalue weighted by atomic mass is 35.5. The maximum atomic E-state index is 12.5. The van der Waals surface area contributed by atoms with E-state index in [4.69, 9.17) is 37.4 Å². The van der Waals surface area contributed by atoms with Crippen molar-refractivity contribution in [3.63, 3.8) is 0 Å². The van der Waals surface area contributed by atoms with E-state index in [1.54, 1.807) is 49.6 Å². The molecule has 0 radical (unpaired) electrons. The maximum absolute atomic E-state index is 12.5. The van der Waals surface area contributed by atoms with E-state index < -0.39 is 11.9 Å². The molecule has 0 fully saturated rings. The Bertz CT molecular complexity index is 1250. The Morgan fingerprint density at radius 3 is 2.49 bits per heavy atom. The first-order valence-corrected chi connectivity index (χ1v) is 11.7. The number of nitrogens with one attached hydrogen (secondary N) is 1. The lowest BCUT2D eigenvalue weighted by Crippen LogP contribution is -2.25. The highest BCUT2D eigenvalue weighted by molar-refractivity contribution is 6.32. The van der Waals surface area contributed by atoms with Gasteiger partial charge in [-0.2, -0.15) is 0 Å². The van der Waals surface area contributed by atoms with Gasteiger partial charge in [0.15, 0.2) is 0 Å². The Hall–Kier alpha value is -3.42. The van der Waals surface area contributed by atoms with Crippen molar-refractivity contribution in [2.75, 3.05) is 20.3 Å². The minimum Gasteiger partial charge on any atom is -0.497 e. The van der Waals surface area contributed by atoms with Gasteiger partial charge in [0.05, 0.1) is 24.7 Å². The average Bonchev–Trinajstić information content (AvgIpc) is 2.85. The van der Waals surface area contributed by atoms with E-state index >= 15 is 0 Å². The second kappa shape index (κ2) is 10.9. The lowest BCUT2D eigenvalue weighted by molar-refractivity contribution is -0.139. The average molecular weight is 516 g/mol. The molecule has 9 heteroatoms. The van der Waals surface area contributed by atoms with Gasteiger partial charge in [0.25, 0.3) is 5.91 Å². The predicted octanol–water partition coefficient (Wildman–Crippen LogP) is 5.72. The Morgan fingerprint density at radius 1 is 1.06 bits per heavy atom. The van der Waals surface area contributed by atoms with Crippen LogP contribution in [0.5, 0.6) is 23.0 Å². The summed E-state index contributed by atoms with van der Waals surface area (Å²) in [6.07, 6.45) is 0.965. The highest BCUT2D eigenvalue weighted by Gasteiger charge is 2.29. The van der Waals surface area contributed by atoms with Crippen molar-refractivity contribution < 1.29 is 28.9 Å². The van der Waals surface area contributed by atoms with Crippen molar-refractivity contribution in [2.45, 2.75) is 18.8 Å². The molecule has 1 unspecified atom stereocenters. The summed E-state index contributed by atoms with van der Waals surface area (Å²) in [6.45, 7) is 0.727. The minimum atomic E-state index is -0.916. The van der Waals surface area contributed by atoms with Gasteiger partial charge in [0, 0.05) is 28.8 Å². The molecule has 2 N–H and O–H groups in total. The van der Waals surface area contributed by atoms with E-state index in [1.807, 2.05) is 12.1 Å². The largest absolute Gasteiger partial charge is 0.497 e. The van der Waals surface area contributed by atoms with Crippen molar-refractivity contribution in [1.82, 2.24) is 5.32 Å². The molecule has 1 atom stereocenters. The molecule has 4 rings (SSSR count). The number of carboxylic acids is 1. The molecule has 0 spiro atoms. The van der Waals surface area contributed by atoms with Gasteiger partial charge in [-0.3, -0.25) is 9.59 Å². The van der Waals surface area contributed by atoms with Crippen LogP contribution >= 0.6 is 23.2 Å². The fourth-order valence-corrected chi connectivity index (χ4v) is 4.27. The molecule has 1 amide bonds. The molecule has 35 heavy (non-hydrogen) atoms. The summed E-state index contributed by atoms with van der Waals surface area (Å²) in [7, 11) is 1.58. The third-order valence-electron chi connectivity index (χ3n) is 5.69. The number of carbonyl (C=O) groups excluding carboxylic acids is 1. The summed E-state index contributed by atoms with van der Waals surface area (Å²) in [5.41, 5.74) is 1.92. The maximum Gasteiger partial charge on any atom is 0.311 e. The number of aliphatic carboxylic acids is 1. The van der Waals surface area contributed by atoms with Crippen molar-refractivity contribution in [1.29, 1.82) is 0 Å². The molecule has 0 aromatic heterocycles. The van der Waals surface area contributed by atoms with E-state index in [-0.39, 0.29) is 10.9 Å². The number of carbonyl (C=O) groups is 2. The van der Waals surface area contributed by atoms with Crippen molar-refractivity contribution in [3.8, 4) is 23.0 Å². The van der Waals surface area contributed by atoms with E-state index in [2.05, 4.69) is 5.32 Å². The second-order valence-electron chi connectivity index (χ2n) is 7.94. The molecule has 0 saturated carbocycles. The number of benzene rings is 3. The molecular formula is C26H23Cl2NO6. The van der Waals surface area contributed by atoms with Crippen LogP contribution in [0.15, 0.2) is 54.6 Å². The first-order chi connectivity index (χ1) is 16.9. The lowest BCUT2D eigenvalue weighted by atomic mass is 9.93. The Balaban J connectivity index is 1.37. The quantitative estimate of drug-likeness (QED) is 0.398. The SMILES string of the molecule is COc1ccc(CCNC(=O)c2ccc(Oc3cc4c(cc3Cl)C(C(=O)O)CCO4)cc2)c(Cl)c1. The van der Waals surface area contributed by atoms with Crippen LogP contribution in [0.1, 0.15) is 33.8 Å². The summed E-state index contributed by atoms with van der Waals surface area (Å²) < 4.78 is 16.6. The summed E-state index contributed by atoms with van der Waals surface area (Å²) in [5.74, 6) is 0.129. The number of hydrogen-bond donors (Lipinski definition) is 2. The highest BCUT2D eigenvalue weighted by Crippen LogP contribution is 2.41. The van der Waals surface area contributed by atoms with Gasteiger partial charge < -0.3 is 24.6 Å². The molecular weight excluding hydrogens is 493 g/mol. The van der Waals surface area contributed by atoms with Crippen LogP contribution in [0, 0.1) is 0 Å². The van der Waals surface area contributed by atoms with E-state index in [9.17, 15) is 14.7 Å². The van der Waals surface area contributed by atoms with Gasteiger partial charge >= 0.3 is 5.97 Å². The molecule has 7 nitrogen and oxygen atoms in total. The number of carboxylic acid groups (broad SMARTS) is 1. The van der Waals surface area contributed by atoms with Crippen molar-refractivity contribution in [3.05, 3.63) is 81.3 Å². The van der Waals surface area contributed by atoms with Crippen LogP contribution in [-0.4, -0.2) is 37.2 Å². The molecule has 0 aliphatic carbocycles. The molecule has 1 aliphatic rings. The molecule has 1 aliphatic heterocycles. The zero-order valence-corrected chi connectivity index (χ0v) is 20.4. The van der Waals surface area contributed by atoms with E-state index in [1.165, 1.54) is 0 Å². The van der Waals surface area contributed by atoms with Crippen LogP contribution in [0.4, 0.5) is 0 Å². The summed E-state index contributed by atoms with van der Waals surface area (Å²) in [4.78, 5) is 24.0. The van der Waals surface area contributed by atoms with E-state index in [0.29, 0.717) is 65.1 Å². The molecule has 182 valence electrons. The van der Waals surface area contributed by atoms with Crippen LogP contribution in [0.2, 0.25) is 10.0 Å². The molecule has 1 heterocycles. The van der Waals surface area contributed by atoms with Gasteiger partial charge in [-0.1, -0.05) is 29.3 Å². The Kier molecular flexibility index (Phi) is 7.68. The number of halogens is 2. The second-order valence-corrected chi connectivity index (χ2v) is 8.75. The molecule has 3 aromatic carbocycles. The minimum absolute atomic E-state index is 0.221. The Morgan fingerprint density at radius 2 is 1.80 bits per heavy atom. The van der Waals surface area contributed by atoms with Gasteiger partial charge in [-0.05, 0) is 60.9 Å². The van der Waals surface area contributed by atoms with Crippen LogP contribution in [0.3, 0.4) is 0 Å². The fourth-order valence-electron chi connectivity index (χ4n) is 3.80. The third kappa shape index (κ3) is 5.81. The van der Waals surface area contributed by atoms with Crippen molar-refractivity contribution in [2.24, 2.45) is 0 Å². The van der Waals surface area contributed by atoms with Gasteiger partial charge in [0.1, 0.15) is 23.0 Å². The normalized spacial score (nSPS) is 14.4. The van der Waals surface area contributed by atoms with Crippen molar-refractivity contribution >= 4 is 35.1 Å². The zero-order chi connectivity index (χ0) is 24.9. The zero-order valence-electron chi connectivity index (χ0n) is 18.8. The summed E-state index contributed by atoms with van der Waals surface area (Å²) >= 11 is 12.6. The number of hydrogen-bond acceptors (Lipinski definition) is 5. The first-order valence-electron chi connectivity index (χ1n) is 10.9.